The van der Waals surface area contributed by atoms with Gasteiger partial charge in [-0.15, -0.1) is 0 Å². The zero-order valence-electron chi connectivity index (χ0n) is 10.9. The smallest absolute Gasteiger partial charge is 0.134 e. The van der Waals surface area contributed by atoms with E-state index in [1.54, 1.807) is 0 Å². The molecule has 0 radical (unpaired) electrons. The molecule has 94 valence electrons. The SMILES string of the molecule is Cc1nc(C2CCOC2)nc(C)c1C(C)CN. The molecule has 0 aromatic carbocycles. The molecule has 2 N–H and O–H groups in total. The van der Waals surface area contributed by atoms with E-state index in [9.17, 15) is 0 Å². The van der Waals surface area contributed by atoms with Gasteiger partial charge in [0.25, 0.3) is 0 Å². The van der Waals surface area contributed by atoms with Gasteiger partial charge in [0.2, 0.25) is 0 Å². The molecule has 2 heterocycles. The molecule has 1 aromatic heterocycles. The van der Waals surface area contributed by atoms with Crippen molar-refractivity contribution < 1.29 is 4.74 Å². The fourth-order valence-electron chi connectivity index (χ4n) is 2.50. The van der Waals surface area contributed by atoms with Crippen LogP contribution in [0.4, 0.5) is 0 Å². The van der Waals surface area contributed by atoms with Gasteiger partial charge in [0.1, 0.15) is 5.82 Å². The summed E-state index contributed by atoms with van der Waals surface area (Å²) < 4.78 is 5.39. The van der Waals surface area contributed by atoms with E-state index in [2.05, 4.69) is 30.7 Å². The minimum atomic E-state index is 0.323. The molecule has 1 aliphatic rings. The van der Waals surface area contributed by atoms with Crippen molar-refractivity contribution in [3.05, 3.63) is 22.8 Å². The van der Waals surface area contributed by atoms with Crippen LogP contribution in [0.2, 0.25) is 0 Å². The molecule has 1 saturated heterocycles. The number of aromatic nitrogens is 2. The van der Waals surface area contributed by atoms with E-state index in [1.807, 2.05) is 0 Å². The molecule has 0 spiro atoms. The largest absolute Gasteiger partial charge is 0.381 e. The Hall–Kier alpha value is -1.00. The molecule has 1 aliphatic heterocycles. The monoisotopic (exact) mass is 235 g/mol. The third-order valence-corrected chi connectivity index (χ3v) is 3.49. The molecule has 0 bridgehead atoms. The highest BCUT2D eigenvalue weighted by atomic mass is 16.5. The number of rotatable bonds is 3. The summed E-state index contributed by atoms with van der Waals surface area (Å²) in [6.07, 6.45) is 1.03. The number of ether oxygens (including phenoxy) is 1. The fraction of sp³-hybridized carbons (Fsp3) is 0.692. The Morgan fingerprint density at radius 3 is 2.47 bits per heavy atom. The summed E-state index contributed by atoms with van der Waals surface area (Å²) in [5.41, 5.74) is 9.06. The Morgan fingerprint density at radius 1 is 1.35 bits per heavy atom. The molecule has 4 nitrogen and oxygen atoms in total. The van der Waals surface area contributed by atoms with Crippen LogP contribution in [0, 0.1) is 13.8 Å². The van der Waals surface area contributed by atoms with Gasteiger partial charge in [0.05, 0.1) is 6.61 Å². The maximum Gasteiger partial charge on any atom is 0.134 e. The Kier molecular flexibility index (Phi) is 3.74. The minimum absolute atomic E-state index is 0.323. The molecule has 1 aromatic rings. The van der Waals surface area contributed by atoms with E-state index >= 15 is 0 Å². The molecular weight excluding hydrogens is 214 g/mol. The van der Waals surface area contributed by atoms with Gasteiger partial charge >= 0.3 is 0 Å². The second-order valence-corrected chi connectivity index (χ2v) is 4.86. The van der Waals surface area contributed by atoms with Gasteiger partial charge in [-0.05, 0) is 38.3 Å². The second-order valence-electron chi connectivity index (χ2n) is 4.86. The van der Waals surface area contributed by atoms with Crippen LogP contribution < -0.4 is 5.73 Å². The van der Waals surface area contributed by atoms with Gasteiger partial charge in [-0.2, -0.15) is 0 Å². The average molecular weight is 235 g/mol. The van der Waals surface area contributed by atoms with Gasteiger partial charge in [0.15, 0.2) is 0 Å². The Bertz CT molecular complexity index is 377. The summed E-state index contributed by atoms with van der Waals surface area (Å²) in [7, 11) is 0. The van der Waals surface area contributed by atoms with Crippen molar-refractivity contribution in [2.45, 2.75) is 39.0 Å². The first-order valence-electron chi connectivity index (χ1n) is 6.26. The van der Waals surface area contributed by atoms with Crippen LogP contribution >= 0.6 is 0 Å². The summed E-state index contributed by atoms with van der Waals surface area (Å²) in [5, 5.41) is 0. The van der Waals surface area contributed by atoms with Crippen molar-refractivity contribution in [3.63, 3.8) is 0 Å². The van der Waals surface area contributed by atoms with Crippen molar-refractivity contribution in [2.24, 2.45) is 5.73 Å². The highest BCUT2D eigenvalue weighted by molar-refractivity contribution is 5.29. The van der Waals surface area contributed by atoms with Gasteiger partial charge in [-0.1, -0.05) is 6.92 Å². The summed E-state index contributed by atoms with van der Waals surface area (Å²) in [5.74, 6) is 1.63. The molecule has 17 heavy (non-hydrogen) atoms. The zero-order chi connectivity index (χ0) is 12.4. The fourth-order valence-corrected chi connectivity index (χ4v) is 2.50. The first-order valence-corrected chi connectivity index (χ1v) is 6.26. The number of nitrogens with two attached hydrogens (primary N) is 1. The van der Waals surface area contributed by atoms with Crippen LogP contribution in [0.15, 0.2) is 0 Å². The van der Waals surface area contributed by atoms with Crippen LogP contribution in [0.25, 0.3) is 0 Å². The van der Waals surface area contributed by atoms with Gasteiger partial charge in [-0.25, -0.2) is 9.97 Å². The standard InChI is InChI=1S/C13H21N3O/c1-8(6-14)12-9(2)15-13(16-10(12)3)11-4-5-17-7-11/h8,11H,4-7,14H2,1-3H3. The van der Waals surface area contributed by atoms with E-state index in [1.165, 1.54) is 5.56 Å². The number of hydrogen-bond donors (Lipinski definition) is 1. The molecule has 2 atom stereocenters. The van der Waals surface area contributed by atoms with Crippen molar-refractivity contribution in [2.75, 3.05) is 19.8 Å². The molecule has 4 heteroatoms. The predicted molar refractivity (Wildman–Crippen MR) is 67.2 cm³/mol. The lowest BCUT2D eigenvalue weighted by Crippen LogP contribution is -2.16. The molecular formula is C13H21N3O. The number of hydrogen-bond acceptors (Lipinski definition) is 4. The van der Waals surface area contributed by atoms with E-state index in [4.69, 9.17) is 10.5 Å². The molecule has 2 unspecified atom stereocenters. The van der Waals surface area contributed by atoms with Crippen LogP contribution in [-0.4, -0.2) is 29.7 Å². The van der Waals surface area contributed by atoms with Crippen LogP contribution in [0.1, 0.15) is 48.0 Å². The van der Waals surface area contributed by atoms with Gasteiger partial charge in [0, 0.05) is 23.9 Å². The summed E-state index contributed by atoms with van der Waals surface area (Å²) in [6.45, 7) is 8.44. The van der Waals surface area contributed by atoms with Crippen LogP contribution in [-0.2, 0) is 4.74 Å². The number of nitrogens with zero attached hydrogens (tertiary/aromatic N) is 2. The van der Waals surface area contributed by atoms with E-state index < -0.39 is 0 Å². The Labute approximate surface area is 103 Å². The maximum atomic E-state index is 5.73. The van der Waals surface area contributed by atoms with E-state index in [-0.39, 0.29) is 0 Å². The molecule has 2 rings (SSSR count). The Morgan fingerprint density at radius 2 is 2.00 bits per heavy atom. The van der Waals surface area contributed by atoms with E-state index in [0.29, 0.717) is 18.4 Å². The molecule has 0 saturated carbocycles. The summed E-state index contributed by atoms with van der Waals surface area (Å²) in [6, 6.07) is 0. The molecule has 0 amide bonds. The maximum absolute atomic E-state index is 5.73. The van der Waals surface area contributed by atoms with Crippen molar-refractivity contribution in [1.82, 2.24) is 9.97 Å². The average Bonchev–Trinajstić information content (AvgIpc) is 2.81. The van der Waals surface area contributed by atoms with Gasteiger partial charge < -0.3 is 10.5 Å². The lowest BCUT2D eigenvalue weighted by atomic mass is 9.97. The molecule has 1 fully saturated rings. The minimum Gasteiger partial charge on any atom is -0.381 e. The number of aryl methyl sites for hydroxylation is 2. The highest BCUT2D eigenvalue weighted by Crippen LogP contribution is 2.26. The summed E-state index contributed by atoms with van der Waals surface area (Å²) >= 11 is 0. The second kappa shape index (κ2) is 5.10. The first-order chi connectivity index (χ1) is 8.13. The van der Waals surface area contributed by atoms with Crippen LogP contribution in [0.3, 0.4) is 0 Å². The van der Waals surface area contributed by atoms with Crippen molar-refractivity contribution in [1.29, 1.82) is 0 Å². The van der Waals surface area contributed by atoms with Gasteiger partial charge in [-0.3, -0.25) is 0 Å². The van der Waals surface area contributed by atoms with Crippen molar-refractivity contribution >= 4 is 0 Å². The predicted octanol–water partition coefficient (Wildman–Crippen LogP) is 1.66. The highest BCUT2D eigenvalue weighted by Gasteiger charge is 2.23. The zero-order valence-corrected chi connectivity index (χ0v) is 10.9. The van der Waals surface area contributed by atoms with Crippen molar-refractivity contribution in [3.8, 4) is 0 Å². The third-order valence-electron chi connectivity index (χ3n) is 3.49. The van der Waals surface area contributed by atoms with E-state index in [0.717, 1.165) is 36.8 Å². The molecule has 0 aliphatic carbocycles. The topological polar surface area (TPSA) is 61.0 Å². The first kappa shape index (κ1) is 12.5. The van der Waals surface area contributed by atoms with Crippen LogP contribution in [0.5, 0.6) is 0 Å². The Balaban J connectivity index is 2.33. The summed E-state index contributed by atoms with van der Waals surface area (Å²) in [4.78, 5) is 9.28. The lowest BCUT2D eigenvalue weighted by molar-refractivity contribution is 0.193. The third kappa shape index (κ3) is 2.48. The quantitative estimate of drug-likeness (QED) is 0.865. The normalized spacial score (nSPS) is 21.8. The lowest BCUT2D eigenvalue weighted by Gasteiger charge is -2.17.